The topological polar surface area (TPSA) is 27.7 Å². The van der Waals surface area contributed by atoms with Crippen molar-refractivity contribution in [2.45, 2.75) is 135 Å². The quantitative estimate of drug-likeness (QED) is 0.174. The minimum absolute atomic E-state index is 0.0281. The zero-order valence-corrected chi connectivity index (χ0v) is 19.5. The fourth-order valence-electron chi connectivity index (χ4n) is 3.83. The summed E-state index contributed by atoms with van der Waals surface area (Å²) in [7, 11) is 1.82. The Morgan fingerprint density at radius 3 is 2.17 bits per heavy atom. The first-order valence-electron chi connectivity index (χ1n) is 12.6. The van der Waals surface area contributed by atoms with Crippen molar-refractivity contribution in [1.29, 1.82) is 0 Å². The van der Waals surface area contributed by atoms with Gasteiger partial charge in [0.1, 0.15) is 0 Å². The van der Waals surface area contributed by atoms with E-state index in [0.717, 1.165) is 45.3 Å². The SMILES string of the molecule is CCCCCCCCCCCCC[C@@H](CC#CCCCOC1CCCCO1)OC. The summed E-state index contributed by atoms with van der Waals surface area (Å²) in [4.78, 5) is 0. The van der Waals surface area contributed by atoms with Gasteiger partial charge in [0.25, 0.3) is 0 Å². The zero-order valence-electron chi connectivity index (χ0n) is 19.5. The molecular formula is C26H48O3. The molecule has 1 unspecified atom stereocenters. The van der Waals surface area contributed by atoms with E-state index >= 15 is 0 Å². The summed E-state index contributed by atoms with van der Waals surface area (Å²) in [6, 6.07) is 0. The molecule has 1 rings (SSSR count). The first-order valence-corrected chi connectivity index (χ1v) is 12.6. The van der Waals surface area contributed by atoms with Crippen LogP contribution in [0.15, 0.2) is 0 Å². The maximum atomic E-state index is 5.74. The van der Waals surface area contributed by atoms with Crippen LogP contribution >= 0.6 is 0 Å². The average molecular weight is 409 g/mol. The number of unbranched alkanes of at least 4 members (excludes halogenated alkanes) is 11. The highest BCUT2D eigenvalue weighted by Gasteiger charge is 2.13. The Morgan fingerprint density at radius 1 is 0.862 bits per heavy atom. The Bertz CT molecular complexity index is 392. The Kier molecular flexibility index (Phi) is 18.9. The fourth-order valence-corrected chi connectivity index (χ4v) is 3.83. The van der Waals surface area contributed by atoms with Crippen LogP contribution in [0.4, 0.5) is 0 Å². The average Bonchev–Trinajstić information content (AvgIpc) is 2.76. The molecule has 170 valence electrons. The molecule has 1 saturated heterocycles. The first-order chi connectivity index (χ1) is 14.4. The molecule has 1 aliphatic heterocycles. The highest BCUT2D eigenvalue weighted by molar-refractivity contribution is 5.00. The van der Waals surface area contributed by atoms with E-state index in [-0.39, 0.29) is 6.29 Å². The molecule has 0 aromatic heterocycles. The molecule has 1 heterocycles. The van der Waals surface area contributed by atoms with Crippen LogP contribution < -0.4 is 0 Å². The summed E-state index contributed by atoms with van der Waals surface area (Å²) in [6.45, 7) is 3.89. The third-order valence-electron chi connectivity index (χ3n) is 5.81. The van der Waals surface area contributed by atoms with Gasteiger partial charge in [0.15, 0.2) is 6.29 Å². The molecule has 2 atom stereocenters. The fraction of sp³-hybridized carbons (Fsp3) is 0.923. The van der Waals surface area contributed by atoms with Gasteiger partial charge in [-0.15, -0.1) is 11.8 Å². The van der Waals surface area contributed by atoms with Gasteiger partial charge in [0.2, 0.25) is 0 Å². The maximum Gasteiger partial charge on any atom is 0.157 e. The third kappa shape index (κ3) is 16.9. The number of ether oxygens (including phenoxy) is 3. The third-order valence-corrected chi connectivity index (χ3v) is 5.81. The standard InChI is InChI=1S/C26H48O3/c1-3-4-5-6-7-8-9-10-11-12-15-20-25(27-2)21-16-13-14-18-23-28-26-22-17-19-24-29-26/h25-26H,3-12,14-15,17-24H2,1-2H3/t25-,26?/m0/s1. The summed E-state index contributed by atoms with van der Waals surface area (Å²) in [5, 5.41) is 0. The molecule has 0 bridgehead atoms. The lowest BCUT2D eigenvalue weighted by Gasteiger charge is -2.22. The summed E-state index contributed by atoms with van der Waals surface area (Å²) < 4.78 is 16.9. The van der Waals surface area contributed by atoms with Crippen LogP contribution in [0.2, 0.25) is 0 Å². The van der Waals surface area contributed by atoms with Crippen LogP contribution in [-0.2, 0) is 14.2 Å². The normalized spacial score (nSPS) is 17.7. The van der Waals surface area contributed by atoms with Crippen molar-refractivity contribution in [3.63, 3.8) is 0 Å². The number of rotatable bonds is 18. The number of methoxy groups -OCH3 is 1. The maximum absolute atomic E-state index is 5.74. The van der Waals surface area contributed by atoms with Crippen LogP contribution in [0.3, 0.4) is 0 Å². The molecule has 0 amide bonds. The molecule has 0 spiro atoms. The lowest BCUT2D eigenvalue weighted by molar-refractivity contribution is -0.162. The molecule has 0 N–H and O–H groups in total. The van der Waals surface area contributed by atoms with Gasteiger partial charge >= 0.3 is 0 Å². The molecule has 1 aliphatic rings. The van der Waals surface area contributed by atoms with Crippen LogP contribution in [0, 0.1) is 11.8 Å². The lowest BCUT2D eigenvalue weighted by Crippen LogP contribution is -2.22. The van der Waals surface area contributed by atoms with Crippen molar-refractivity contribution in [1.82, 2.24) is 0 Å². The van der Waals surface area contributed by atoms with Crippen molar-refractivity contribution in [3.8, 4) is 11.8 Å². The summed E-state index contributed by atoms with van der Waals surface area (Å²) >= 11 is 0. The van der Waals surface area contributed by atoms with E-state index < -0.39 is 0 Å². The molecule has 1 fully saturated rings. The van der Waals surface area contributed by atoms with Crippen LogP contribution in [-0.4, -0.2) is 32.7 Å². The smallest absolute Gasteiger partial charge is 0.157 e. The zero-order chi connectivity index (χ0) is 20.8. The first kappa shape index (κ1) is 26.5. The molecular weight excluding hydrogens is 360 g/mol. The highest BCUT2D eigenvalue weighted by Crippen LogP contribution is 2.15. The second-order valence-electron chi connectivity index (χ2n) is 8.51. The predicted molar refractivity (Wildman–Crippen MR) is 123 cm³/mol. The minimum Gasteiger partial charge on any atom is -0.380 e. The van der Waals surface area contributed by atoms with E-state index in [4.69, 9.17) is 14.2 Å². The molecule has 0 radical (unpaired) electrons. The minimum atomic E-state index is 0.0281. The van der Waals surface area contributed by atoms with E-state index in [1.54, 1.807) is 0 Å². The van der Waals surface area contributed by atoms with Gasteiger partial charge in [-0.25, -0.2) is 0 Å². The van der Waals surface area contributed by atoms with E-state index in [1.165, 1.54) is 83.5 Å². The molecule has 0 aromatic rings. The van der Waals surface area contributed by atoms with Crippen molar-refractivity contribution < 1.29 is 14.2 Å². The van der Waals surface area contributed by atoms with Gasteiger partial charge in [-0.3, -0.25) is 0 Å². The molecule has 0 saturated carbocycles. The number of hydrogen-bond acceptors (Lipinski definition) is 3. The van der Waals surface area contributed by atoms with Gasteiger partial charge in [-0.2, -0.15) is 0 Å². The van der Waals surface area contributed by atoms with Gasteiger partial charge in [0, 0.05) is 26.6 Å². The van der Waals surface area contributed by atoms with E-state index in [2.05, 4.69) is 18.8 Å². The Hall–Kier alpha value is -0.560. The summed E-state index contributed by atoms with van der Waals surface area (Å²) in [5.74, 6) is 6.58. The molecule has 0 aliphatic carbocycles. The second kappa shape index (κ2) is 20.7. The monoisotopic (exact) mass is 408 g/mol. The van der Waals surface area contributed by atoms with Crippen molar-refractivity contribution >= 4 is 0 Å². The largest absolute Gasteiger partial charge is 0.380 e. The van der Waals surface area contributed by atoms with Gasteiger partial charge in [-0.05, 0) is 32.1 Å². The van der Waals surface area contributed by atoms with E-state index in [9.17, 15) is 0 Å². The number of hydrogen-bond donors (Lipinski definition) is 0. The van der Waals surface area contributed by atoms with E-state index in [0.29, 0.717) is 6.10 Å². The second-order valence-corrected chi connectivity index (χ2v) is 8.51. The Balaban J connectivity index is 1.88. The molecule has 3 nitrogen and oxygen atoms in total. The van der Waals surface area contributed by atoms with Crippen molar-refractivity contribution in [3.05, 3.63) is 0 Å². The van der Waals surface area contributed by atoms with Crippen molar-refractivity contribution in [2.24, 2.45) is 0 Å². The van der Waals surface area contributed by atoms with Gasteiger partial charge in [0.05, 0.1) is 12.7 Å². The van der Waals surface area contributed by atoms with Crippen LogP contribution in [0.1, 0.15) is 122 Å². The van der Waals surface area contributed by atoms with Crippen LogP contribution in [0.25, 0.3) is 0 Å². The molecule has 0 aromatic carbocycles. The van der Waals surface area contributed by atoms with Crippen molar-refractivity contribution in [2.75, 3.05) is 20.3 Å². The summed E-state index contributed by atoms with van der Waals surface area (Å²) in [5.41, 5.74) is 0. The Labute approximate surface area is 181 Å². The highest BCUT2D eigenvalue weighted by atomic mass is 16.7. The lowest BCUT2D eigenvalue weighted by atomic mass is 10.0. The van der Waals surface area contributed by atoms with Gasteiger partial charge < -0.3 is 14.2 Å². The van der Waals surface area contributed by atoms with E-state index in [1.807, 2.05) is 7.11 Å². The summed E-state index contributed by atoms with van der Waals surface area (Å²) in [6.07, 6.45) is 23.0. The molecule has 29 heavy (non-hydrogen) atoms. The Morgan fingerprint density at radius 2 is 1.55 bits per heavy atom. The molecule has 3 heteroatoms. The van der Waals surface area contributed by atoms with Crippen LogP contribution in [0.5, 0.6) is 0 Å². The van der Waals surface area contributed by atoms with Gasteiger partial charge in [-0.1, -0.05) is 77.6 Å². The predicted octanol–water partition coefficient (Wildman–Crippen LogP) is 7.42.